The summed E-state index contributed by atoms with van der Waals surface area (Å²) in [4.78, 5) is 35.4. The number of rotatable bonds is 44. The van der Waals surface area contributed by atoms with Crippen LogP contribution in [0.1, 0.15) is 219 Å². The molecule has 0 aromatic carbocycles. The van der Waals surface area contributed by atoms with E-state index in [1.165, 1.54) is 154 Å². The third kappa shape index (κ3) is 44.1. The van der Waals surface area contributed by atoms with Gasteiger partial charge >= 0.3 is 19.8 Å². The van der Waals surface area contributed by atoms with Crippen molar-refractivity contribution in [2.24, 2.45) is 0 Å². The Labute approximate surface area is 358 Å². The van der Waals surface area contributed by atoms with E-state index in [0.717, 1.165) is 32.1 Å². The van der Waals surface area contributed by atoms with Gasteiger partial charge in [-0.05, 0) is 51.4 Å². The summed E-state index contributed by atoms with van der Waals surface area (Å²) in [7, 11) is 1.46. The highest BCUT2D eigenvalue weighted by Crippen LogP contribution is 2.43. The third-order valence-electron chi connectivity index (χ3n) is 10.5. The predicted octanol–water partition coefficient (Wildman–Crippen LogP) is 13.9. The van der Waals surface area contributed by atoms with E-state index in [9.17, 15) is 19.0 Å². The average molecular weight is 843 g/mol. The number of likely N-dealkylation sites (N-methyl/N-ethyl adjacent to an activating group) is 1. The zero-order chi connectivity index (χ0) is 42.8. The minimum Gasteiger partial charge on any atom is -0.462 e. The van der Waals surface area contributed by atoms with Gasteiger partial charge in [-0.2, -0.15) is 0 Å². The summed E-state index contributed by atoms with van der Waals surface area (Å²) in [5, 5.41) is 0. The van der Waals surface area contributed by atoms with Crippen LogP contribution in [0.15, 0.2) is 24.3 Å². The molecule has 0 aliphatic rings. The minimum atomic E-state index is -4.38. The Hall–Kier alpha value is -1.51. The number of hydrogen-bond acceptors (Lipinski definition) is 7. The van der Waals surface area contributed by atoms with Crippen LogP contribution in [0, 0.1) is 0 Å². The molecule has 2 atom stereocenters. The maximum atomic E-state index is 12.7. The Balaban J connectivity index is 4.30. The molecule has 0 radical (unpaired) electrons. The van der Waals surface area contributed by atoms with Crippen molar-refractivity contribution in [3.63, 3.8) is 0 Å². The van der Waals surface area contributed by atoms with E-state index in [-0.39, 0.29) is 32.0 Å². The fraction of sp³-hybridized carbons (Fsp3) is 0.875. The normalized spacial score (nSPS) is 13.7. The van der Waals surface area contributed by atoms with Crippen molar-refractivity contribution in [1.29, 1.82) is 0 Å². The Bertz CT molecular complexity index is 1040. The second-order valence-corrected chi connectivity index (χ2v) is 18.9. The maximum Gasteiger partial charge on any atom is 0.472 e. The van der Waals surface area contributed by atoms with Gasteiger partial charge in [0.1, 0.15) is 19.8 Å². The van der Waals surface area contributed by atoms with Gasteiger partial charge in [0.15, 0.2) is 6.10 Å². The first-order chi connectivity index (χ1) is 28.0. The molecule has 0 amide bonds. The number of quaternary nitrogens is 1. The second kappa shape index (κ2) is 40.9. The number of nitrogens with zero attached hydrogens (tertiary/aromatic N) is 1. The van der Waals surface area contributed by atoms with Crippen LogP contribution in [0.3, 0.4) is 0 Å². The Morgan fingerprint density at radius 2 is 0.914 bits per heavy atom. The topological polar surface area (TPSA) is 108 Å². The molecular formula is C48H93NO8P+. The van der Waals surface area contributed by atoms with Crippen molar-refractivity contribution in [2.75, 3.05) is 47.5 Å². The number of esters is 2. The minimum absolute atomic E-state index is 0.0273. The van der Waals surface area contributed by atoms with Gasteiger partial charge in [-0.1, -0.05) is 179 Å². The number of hydrogen-bond donors (Lipinski definition) is 1. The number of carbonyl (C=O) groups is 2. The van der Waals surface area contributed by atoms with Crippen molar-refractivity contribution >= 4 is 19.8 Å². The molecule has 10 heteroatoms. The van der Waals surface area contributed by atoms with Crippen LogP contribution in [0.5, 0.6) is 0 Å². The molecule has 0 fully saturated rings. The SMILES string of the molecule is CCCCCCCC/C=C/CCCCCCCCCCCC(=O)OC[C@H](COP(=O)(O)OCC[N+](C)(C)C)OC(=O)CC/C=C/CCCCCCCCCCCCC. The van der Waals surface area contributed by atoms with Gasteiger partial charge in [-0.3, -0.25) is 18.6 Å². The van der Waals surface area contributed by atoms with Gasteiger partial charge in [-0.25, -0.2) is 4.57 Å². The molecule has 0 saturated heterocycles. The Kier molecular flexibility index (Phi) is 39.8. The fourth-order valence-electron chi connectivity index (χ4n) is 6.67. The van der Waals surface area contributed by atoms with E-state index in [1.807, 2.05) is 27.2 Å². The summed E-state index contributed by atoms with van der Waals surface area (Å²) in [6, 6.07) is 0. The van der Waals surface area contributed by atoms with E-state index in [4.69, 9.17) is 18.5 Å². The number of phosphoric acid groups is 1. The molecule has 1 N–H and O–H groups in total. The first kappa shape index (κ1) is 56.5. The first-order valence-corrected chi connectivity index (χ1v) is 25.6. The standard InChI is InChI=1S/C48H92NO8P/c1-6-8-10-12-14-16-18-20-22-23-24-25-27-28-30-32-34-36-38-40-47(50)54-44-46(45-56-58(52,53)55-43-42-49(3,4)5)57-48(51)41-39-37-35-33-31-29-26-21-19-17-15-13-11-9-7-2/h20,22,35,37,46H,6-19,21,23-34,36,38-45H2,1-5H3/p+1/b22-20+,37-35+/t46-/m1/s1. The van der Waals surface area contributed by atoms with Crippen LogP contribution < -0.4 is 0 Å². The third-order valence-corrected chi connectivity index (χ3v) is 11.5. The van der Waals surface area contributed by atoms with Crippen LogP contribution >= 0.6 is 7.82 Å². The summed E-state index contributed by atoms with van der Waals surface area (Å²) < 4.78 is 34.3. The lowest BCUT2D eigenvalue weighted by Crippen LogP contribution is -2.37. The largest absolute Gasteiger partial charge is 0.472 e. The van der Waals surface area contributed by atoms with Gasteiger partial charge < -0.3 is 18.9 Å². The zero-order valence-corrected chi connectivity index (χ0v) is 39.4. The molecule has 0 aliphatic heterocycles. The van der Waals surface area contributed by atoms with E-state index in [2.05, 4.69) is 32.1 Å². The van der Waals surface area contributed by atoms with Crippen LogP contribution in [-0.2, 0) is 32.7 Å². The molecule has 0 bridgehead atoms. The smallest absolute Gasteiger partial charge is 0.462 e. The predicted molar refractivity (Wildman–Crippen MR) is 243 cm³/mol. The van der Waals surface area contributed by atoms with Crippen molar-refractivity contribution in [3.8, 4) is 0 Å². The summed E-state index contributed by atoms with van der Waals surface area (Å²) in [6.45, 7) is 4.40. The molecule has 0 aromatic heterocycles. The number of carbonyl (C=O) groups excluding carboxylic acids is 2. The van der Waals surface area contributed by atoms with Crippen molar-refractivity contribution in [2.45, 2.75) is 225 Å². The maximum absolute atomic E-state index is 12.7. The van der Waals surface area contributed by atoms with Gasteiger partial charge in [0.2, 0.25) is 0 Å². The van der Waals surface area contributed by atoms with E-state index in [0.29, 0.717) is 17.4 Å². The highest BCUT2D eigenvalue weighted by molar-refractivity contribution is 7.47. The van der Waals surface area contributed by atoms with E-state index < -0.39 is 26.5 Å². The Morgan fingerprint density at radius 1 is 0.517 bits per heavy atom. The molecule has 0 rings (SSSR count). The second-order valence-electron chi connectivity index (χ2n) is 17.5. The lowest BCUT2D eigenvalue weighted by atomic mass is 10.1. The van der Waals surface area contributed by atoms with Gasteiger partial charge in [0, 0.05) is 12.8 Å². The Morgan fingerprint density at radius 3 is 1.34 bits per heavy atom. The quantitative estimate of drug-likeness (QED) is 0.0212. The van der Waals surface area contributed by atoms with Crippen LogP contribution in [-0.4, -0.2) is 74.9 Å². The van der Waals surface area contributed by atoms with Crippen LogP contribution in [0.4, 0.5) is 0 Å². The molecule has 0 aromatic rings. The molecule has 342 valence electrons. The zero-order valence-electron chi connectivity index (χ0n) is 38.5. The van der Waals surface area contributed by atoms with Crippen LogP contribution in [0.25, 0.3) is 0 Å². The fourth-order valence-corrected chi connectivity index (χ4v) is 7.42. The molecule has 0 saturated carbocycles. The molecule has 0 spiro atoms. The van der Waals surface area contributed by atoms with Crippen molar-refractivity contribution in [1.82, 2.24) is 0 Å². The van der Waals surface area contributed by atoms with E-state index in [1.54, 1.807) is 0 Å². The summed E-state index contributed by atoms with van der Waals surface area (Å²) in [5.41, 5.74) is 0. The molecule has 0 aliphatic carbocycles. The summed E-state index contributed by atoms with van der Waals surface area (Å²) in [6.07, 6.45) is 45.2. The first-order valence-electron chi connectivity index (χ1n) is 24.1. The lowest BCUT2D eigenvalue weighted by molar-refractivity contribution is -0.870. The molecular weight excluding hydrogens is 750 g/mol. The van der Waals surface area contributed by atoms with Gasteiger partial charge in [0.05, 0.1) is 27.7 Å². The van der Waals surface area contributed by atoms with Crippen LogP contribution in [0.2, 0.25) is 0 Å². The summed E-state index contributed by atoms with van der Waals surface area (Å²) >= 11 is 0. The van der Waals surface area contributed by atoms with Crippen molar-refractivity contribution < 1.29 is 42.1 Å². The molecule has 58 heavy (non-hydrogen) atoms. The highest BCUT2D eigenvalue weighted by Gasteiger charge is 2.27. The van der Waals surface area contributed by atoms with E-state index >= 15 is 0 Å². The lowest BCUT2D eigenvalue weighted by Gasteiger charge is -2.24. The van der Waals surface area contributed by atoms with Gasteiger partial charge in [0.25, 0.3) is 0 Å². The highest BCUT2D eigenvalue weighted by atomic mass is 31.2. The number of unbranched alkanes of at least 4 members (excludes halogenated alkanes) is 26. The van der Waals surface area contributed by atoms with Gasteiger partial charge in [-0.15, -0.1) is 0 Å². The number of allylic oxidation sites excluding steroid dienone is 4. The summed E-state index contributed by atoms with van der Waals surface area (Å²) in [5.74, 6) is -0.850. The molecule has 0 heterocycles. The molecule has 1 unspecified atom stereocenters. The number of ether oxygens (including phenoxy) is 2. The average Bonchev–Trinajstić information content (AvgIpc) is 3.17. The van der Waals surface area contributed by atoms with Crippen molar-refractivity contribution in [3.05, 3.63) is 24.3 Å². The molecule has 9 nitrogen and oxygen atoms in total. The number of phosphoric ester groups is 1. The monoisotopic (exact) mass is 843 g/mol.